The van der Waals surface area contributed by atoms with Gasteiger partial charge in [-0.2, -0.15) is 0 Å². The quantitative estimate of drug-likeness (QED) is 0.730. The summed E-state index contributed by atoms with van der Waals surface area (Å²) in [4.78, 5) is 16.6. The highest BCUT2D eigenvalue weighted by Gasteiger charge is 2.13. The summed E-state index contributed by atoms with van der Waals surface area (Å²) in [5.74, 6) is -0.0419. The molecule has 6 heteroatoms. The van der Waals surface area contributed by atoms with E-state index in [1.165, 1.54) is 43.9 Å². The van der Waals surface area contributed by atoms with Crippen molar-refractivity contribution in [3.05, 3.63) is 52.9 Å². The maximum absolute atomic E-state index is 13.2. The predicted octanol–water partition coefficient (Wildman–Crippen LogP) is 5.26. The molecule has 0 bridgehead atoms. The largest absolute Gasteiger partial charge is 0.367 e. The highest BCUT2D eigenvalue weighted by Crippen LogP contribution is 2.21. The van der Waals surface area contributed by atoms with Crippen molar-refractivity contribution in [3.63, 3.8) is 0 Å². The van der Waals surface area contributed by atoms with E-state index in [0.29, 0.717) is 17.3 Å². The first-order valence-corrected chi connectivity index (χ1v) is 8.98. The van der Waals surface area contributed by atoms with Gasteiger partial charge in [-0.3, -0.25) is 4.79 Å². The number of anilines is 2. The van der Waals surface area contributed by atoms with E-state index in [4.69, 9.17) is 11.6 Å². The normalized spacial score (nSPS) is 15.4. The van der Waals surface area contributed by atoms with E-state index in [0.717, 1.165) is 18.7 Å². The summed E-state index contributed by atoms with van der Waals surface area (Å²) < 4.78 is 13.2. The Bertz CT molecular complexity index is 728. The molecule has 4 nitrogen and oxygen atoms in total. The van der Waals surface area contributed by atoms with Crippen LogP contribution in [0, 0.1) is 5.82 Å². The van der Waals surface area contributed by atoms with Gasteiger partial charge in [0.15, 0.2) is 0 Å². The number of hydrogen-bond acceptors (Lipinski definition) is 3. The average Bonchev–Trinajstić information content (AvgIpc) is 2.87. The lowest BCUT2D eigenvalue weighted by Crippen LogP contribution is -2.19. The number of benzene rings is 1. The lowest BCUT2D eigenvalue weighted by atomic mass is 10.1. The molecule has 0 spiro atoms. The summed E-state index contributed by atoms with van der Waals surface area (Å²) in [5.41, 5.74) is 0.879. The van der Waals surface area contributed by atoms with Crippen LogP contribution in [0.1, 0.15) is 48.9 Å². The van der Waals surface area contributed by atoms with Gasteiger partial charge in [-0.25, -0.2) is 9.37 Å². The van der Waals surface area contributed by atoms with E-state index < -0.39 is 5.82 Å². The van der Waals surface area contributed by atoms with E-state index in [2.05, 4.69) is 15.6 Å². The molecule has 0 saturated heterocycles. The van der Waals surface area contributed by atoms with E-state index in [1.54, 1.807) is 12.3 Å². The Kier molecular flexibility index (Phi) is 5.87. The number of aromatic nitrogens is 1. The zero-order valence-corrected chi connectivity index (χ0v) is 14.7. The number of pyridine rings is 1. The Morgan fingerprint density at radius 1 is 1.12 bits per heavy atom. The summed E-state index contributed by atoms with van der Waals surface area (Å²) in [6.07, 6.45) is 8.97. The van der Waals surface area contributed by atoms with Crippen LogP contribution in [0.3, 0.4) is 0 Å². The van der Waals surface area contributed by atoms with Gasteiger partial charge in [0.05, 0.1) is 10.6 Å². The predicted molar refractivity (Wildman–Crippen MR) is 98.7 cm³/mol. The zero-order valence-electron chi connectivity index (χ0n) is 13.9. The highest BCUT2D eigenvalue weighted by atomic mass is 35.5. The molecule has 2 aromatic rings. The van der Waals surface area contributed by atoms with Gasteiger partial charge in [0.1, 0.15) is 11.6 Å². The van der Waals surface area contributed by atoms with Gasteiger partial charge in [-0.1, -0.05) is 37.3 Å². The molecule has 1 aromatic heterocycles. The molecule has 1 saturated carbocycles. The summed E-state index contributed by atoms with van der Waals surface area (Å²) >= 11 is 5.72. The van der Waals surface area contributed by atoms with Gasteiger partial charge in [0.25, 0.3) is 5.91 Å². The molecule has 0 aliphatic heterocycles. The molecule has 1 aliphatic rings. The van der Waals surface area contributed by atoms with Crippen LogP contribution >= 0.6 is 11.6 Å². The molecule has 0 radical (unpaired) electrons. The first-order chi connectivity index (χ1) is 12.1. The molecule has 1 fully saturated rings. The van der Waals surface area contributed by atoms with Crippen LogP contribution in [-0.2, 0) is 0 Å². The topological polar surface area (TPSA) is 54.0 Å². The molecule has 1 aliphatic carbocycles. The Morgan fingerprint density at radius 2 is 1.88 bits per heavy atom. The van der Waals surface area contributed by atoms with Crippen LogP contribution < -0.4 is 10.6 Å². The summed E-state index contributed by atoms with van der Waals surface area (Å²) in [7, 11) is 0. The van der Waals surface area contributed by atoms with E-state index in [1.807, 2.05) is 6.07 Å². The smallest absolute Gasteiger partial charge is 0.257 e. The number of rotatable bonds is 4. The van der Waals surface area contributed by atoms with Crippen molar-refractivity contribution in [2.75, 3.05) is 10.6 Å². The van der Waals surface area contributed by atoms with Gasteiger partial charge in [-0.15, -0.1) is 0 Å². The Hall–Kier alpha value is -2.14. The minimum Gasteiger partial charge on any atom is -0.367 e. The number of hydrogen-bond donors (Lipinski definition) is 2. The second kappa shape index (κ2) is 8.30. The third-order valence-corrected chi connectivity index (χ3v) is 4.70. The van der Waals surface area contributed by atoms with Gasteiger partial charge < -0.3 is 10.6 Å². The Morgan fingerprint density at radius 3 is 2.52 bits per heavy atom. The average molecular weight is 362 g/mol. The number of carbonyl (C=O) groups is 1. The van der Waals surface area contributed by atoms with Crippen LogP contribution in [0.15, 0.2) is 36.5 Å². The number of nitrogens with zero attached hydrogens (tertiary/aromatic N) is 1. The minimum absolute atomic E-state index is 0.0288. The maximum Gasteiger partial charge on any atom is 0.257 e. The van der Waals surface area contributed by atoms with Crippen molar-refractivity contribution in [1.29, 1.82) is 0 Å². The van der Waals surface area contributed by atoms with Gasteiger partial charge in [-0.05, 0) is 43.2 Å². The fourth-order valence-corrected chi connectivity index (χ4v) is 3.20. The summed E-state index contributed by atoms with van der Waals surface area (Å²) in [6.45, 7) is 0. The van der Waals surface area contributed by atoms with Gasteiger partial charge in [0, 0.05) is 17.9 Å². The minimum atomic E-state index is -0.518. The SMILES string of the molecule is O=C(Nc1ccc(F)c(Cl)c1)c1ccc(NC2CCCCCC2)nc1. The molecule has 1 heterocycles. The van der Waals surface area contributed by atoms with Crippen molar-refractivity contribution in [2.24, 2.45) is 0 Å². The first-order valence-electron chi connectivity index (χ1n) is 8.61. The van der Waals surface area contributed by atoms with Crippen LogP contribution in [0.5, 0.6) is 0 Å². The maximum atomic E-state index is 13.2. The van der Waals surface area contributed by atoms with Crippen molar-refractivity contribution in [1.82, 2.24) is 4.98 Å². The van der Waals surface area contributed by atoms with Crippen LogP contribution in [-0.4, -0.2) is 16.9 Å². The van der Waals surface area contributed by atoms with E-state index in [-0.39, 0.29) is 10.9 Å². The van der Waals surface area contributed by atoms with Gasteiger partial charge >= 0.3 is 0 Å². The van der Waals surface area contributed by atoms with Crippen LogP contribution in [0.4, 0.5) is 15.9 Å². The molecule has 2 N–H and O–H groups in total. The van der Waals surface area contributed by atoms with Crippen molar-refractivity contribution in [2.45, 2.75) is 44.6 Å². The van der Waals surface area contributed by atoms with Gasteiger partial charge in [0.2, 0.25) is 0 Å². The molecule has 3 rings (SSSR count). The molecule has 1 amide bonds. The van der Waals surface area contributed by atoms with Crippen LogP contribution in [0.2, 0.25) is 5.02 Å². The van der Waals surface area contributed by atoms with E-state index >= 15 is 0 Å². The summed E-state index contributed by atoms with van der Waals surface area (Å²) in [6, 6.07) is 8.06. The zero-order chi connectivity index (χ0) is 17.6. The number of nitrogens with one attached hydrogen (secondary N) is 2. The molecule has 1 aromatic carbocycles. The molecular weight excluding hydrogens is 341 g/mol. The lowest BCUT2D eigenvalue weighted by molar-refractivity contribution is 0.102. The van der Waals surface area contributed by atoms with Crippen LogP contribution in [0.25, 0.3) is 0 Å². The molecule has 0 unspecified atom stereocenters. The standard InChI is InChI=1S/C19H21ClFN3O/c20-16-11-15(8-9-17(16)21)24-19(25)13-7-10-18(22-12-13)23-14-5-3-1-2-4-6-14/h7-12,14H,1-6H2,(H,22,23)(H,24,25). The Balaban J connectivity index is 1.60. The lowest BCUT2D eigenvalue weighted by Gasteiger charge is -2.16. The fraction of sp³-hybridized carbons (Fsp3) is 0.368. The van der Waals surface area contributed by atoms with Crippen molar-refractivity contribution in [3.8, 4) is 0 Å². The molecular formula is C19H21ClFN3O. The van der Waals surface area contributed by atoms with Crippen molar-refractivity contribution >= 4 is 29.0 Å². The number of carbonyl (C=O) groups excluding carboxylic acids is 1. The fourth-order valence-electron chi connectivity index (χ4n) is 3.02. The first kappa shape index (κ1) is 17.7. The second-order valence-corrected chi connectivity index (χ2v) is 6.76. The van der Waals surface area contributed by atoms with E-state index in [9.17, 15) is 9.18 Å². The number of amides is 1. The molecule has 0 atom stereocenters. The Labute approximate surface area is 151 Å². The third kappa shape index (κ3) is 4.92. The number of halogens is 2. The molecule has 25 heavy (non-hydrogen) atoms. The van der Waals surface area contributed by atoms with Crippen molar-refractivity contribution < 1.29 is 9.18 Å². The summed E-state index contributed by atoms with van der Waals surface area (Å²) in [5, 5.41) is 6.10. The highest BCUT2D eigenvalue weighted by molar-refractivity contribution is 6.31. The second-order valence-electron chi connectivity index (χ2n) is 6.35. The molecule has 132 valence electrons. The third-order valence-electron chi connectivity index (χ3n) is 4.41. The monoisotopic (exact) mass is 361 g/mol.